The van der Waals surface area contributed by atoms with E-state index in [1.54, 1.807) is 24.3 Å². The number of hydrogen-bond acceptors (Lipinski definition) is 4. The van der Waals surface area contributed by atoms with Gasteiger partial charge in [-0.3, -0.25) is 13.9 Å². The normalized spacial score (nSPS) is 12.2. The highest BCUT2D eigenvalue weighted by Gasteiger charge is 2.33. The van der Waals surface area contributed by atoms with E-state index in [2.05, 4.69) is 21.2 Å². The SMILES string of the molecule is Cc1ccccc1CN(C(=O)CN(c1ccc(Br)cc1)S(C)(=O)=O)C(Cc1ccccc1)C(=O)NCC(C)C. The zero-order valence-corrected chi connectivity index (χ0v) is 25.2. The van der Waals surface area contributed by atoms with E-state index in [1.807, 2.05) is 75.4 Å². The second kappa shape index (κ2) is 13.8. The average Bonchev–Trinajstić information content (AvgIpc) is 2.89. The highest BCUT2D eigenvalue weighted by Crippen LogP contribution is 2.23. The Labute approximate surface area is 240 Å². The maximum absolute atomic E-state index is 14.1. The molecule has 1 unspecified atom stereocenters. The van der Waals surface area contributed by atoms with Crippen LogP contribution < -0.4 is 9.62 Å². The van der Waals surface area contributed by atoms with Crippen molar-refractivity contribution in [2.75, 3.05) is 23.7 Å². The maximum Gasteiger partial charge on any atom is 0.244 e. The minimum absolute atomic E-state index is 0.163. The molecule has 3 aromatic carbocycles. The van der Waals surface area contributed by atoms with Crippen LogP contribution in [0.25, 0.3) is 0 Å². The lowest BCUT2D eigenvalue weighted by Gasteiger charge is -2.34. The maximum atomic E-state index is 14.1. The summed E-state index contributed by atoms with van der Waals surface area (Å²) in [5, 5.41) is 2.99. The zero-order valence-electron chi connectivity index (χ0n) is 22.8. The van der Waals surface area contributed by atoms with E-state index in [0.717, 1.165) is 31.7 Å². The van der Waals surface area contributed by atoms with Crippen molar-refractivity contribution >= 4 is 43.5 Å². The van der Waals surface area contributed by atoms with Crippen LogP contribution in [0.3, 0.4) is 0 Å². The first-order valence-electron chi connectivity index (χ1n) is 12.8. The number of nitrogens with one attached hydrogen (secondary N) is 1. The van der Waals surface area contributed by atoms with Gasteiger partial charge in [0.2, 0.25) is 21.8 Å². The molecule has 7 nitrogen and oxygen atoms in total. The summed E-state index contributed by atoms with van der Waals surface area (Å²) < 4.78 is 27.5. The van der Waals surface area contributed by atoms with Crippen LogP contribution in [-0.2, 0) is 32.6 Å². The van der Waals surface area contributed by atoms with E-state index in [-0.39, 0.29) is 18.4 Å². The number of amides is 2. The monoisotopic (exact) mass is 613 g/mol. The summed E-state index contributed by atoms with van der Waals surface area (Å²) in [6, 6.07) is 23.1. The van der Waals surface area contributed by atoms with Crippen LogP contribution in [0.4, 0.5) is 5.69 Å². The molecular formula is C30H36BrN3O4S. The number of rotatable bonds is 12. The Bertz CT molecular complexity index is 1360. The molecule has 3 aromatic rings. The molecule has 0 heterocycles. The van der Waals surface area contributed by atoms with Crippen LogP contribution in [-0.4, -0.2) is 50.5 Å². The molecule has 3 rings (SSSR count). The fourth-order valence-corrected chi connectivity index (χ4v) is 5.28. The summed E-state index contributed by atoms with van der Waals surface area (Å²) in [4.78, 5) is 29.2. The summed E-state index contributed by atoms with van der Waals surface area (Å²) in [7, 11) is -3.80. The Balaban J connectivity index is 2.05. The number of sulfonamides is 1. The molecule has 0 aliphatic heterocycles. The number of aryl methyl sites for hydroxylation is 1. The number of anilines is 1. The number of halogens is 1. The standard InChI is InChI=1S/C30H36BrN3O4S/c1-22(2)19-32-30(36)28(18-24-11-6-5-7-12-24)33(20-25-13-9-8-10-23(25)3)29(35)21-34(39(4,37)38)27-16-14-26(31)15-17-27/h5-17,22,28H,18-21H2,1-4H3,(H,32,36). The van der Waals surface area contributed by atoms with E-state index >= 15 is 0 Å². The van der Waals surface area contributed by atoms with E-state index < -0.39 is 28.5 Å². The minimum Gasteiger partial charge on any atom is -0.354 e. The van der Waals surface area contributed by atoms with Crippen molar-refractivity contribution in [3.05, 3.63) is 100 Å². The van der Waals surface area contributed by atoms with Crippen molar-refractivity contribution < 1.29 is 18.0 Å². The van der Waals surface area contributed by atoms with E-state index in [4.69, 9.17) is 0 Å². The third kappa shape index (κ3) is 8.93. The topological polar surface area (TPSA) is 86.8 Å². The molecule has 1 N–H and O–H groups in total. The van der Waals surface area contributed by atoms with Crippen molar-refractivity contribution in [2.45, 2.75) is 39.8 Å². The lowest BCUT2D eigenvalue weighted by atomic mass is 10.0. The summed E-state index contributed by atoms with van der Waals surface area (Å²) in [5.74, 6) is -0.513. The number of hydrogen-bond donors (Lipinski definition) is 1. The second-order valence-electron chi connectivity index (χ2n) is 10.0. The highest BCUT2D eigenvalue weighted by molar-refractivity contribution is 9.10. The predicted molar refractivity (Wildman–Crippen MR) is 160 cm³/mol. The van der Waals surface area contributed by atoms with Crippen molar-refractivity contribution in [2.24, 2.45) is 5.92 Å². The first-order valence-corrected chi connectivity index (χ1v) is 15.5. The van der Waals surface area contributed by atoms with Gasteiger partial charge in [-0.2, -0.15) is 0 Å². The molecule has 0 saturated heterocycles. The van der Waals surface area contributed by atoms with Crippen LogP contribution >= 0.6 is 15.9 Å². The minimum atomic E-state index is -3.80. The van der Waals surface area contributed by atoms with Gasteiger partial charge in [-0.15, -0.1) is 0 Å². The number of carbonyl (C=O) groups is 2. The third-order valence-electron chi connectivity index (χ3n) is 6.35. The van der Waals surface area contributed by atoms with Gasteiger partial charge >= 0.3 is 0 Å². The lowest BCUT2D eigenvalue weighted by molar-refractivity contribution is -0.140. The summed E-state index contributed by atoms with van der Waals surface area (Å²) >= 11 is 3.37. The van der Waals surface area contributed by atoms with Crippen LogP contribution in [0, 0.1) is 12.8 Å². The molecule has 1 atom stereocenters. The Kier molecular flexibility index (Phi) is 10.7. The Morgan fingerprint density at radius 1 is 0.923 bits per heavy atom. The smallest absolute Gasteiger partial charge is 0.244 e. The quantitative estimate of drug-likeness (QED) is 0.314. The summed E-state index contributed by atoms with van der Waals surface area (Å²) in [5.41, 5.74) is 3.13. The number of benzene rings is 3. The third-order valence-corrected chi connectivity index (χ3v) is 8.02. The van der Waals surface area contributed by atoms with Gasteiger partial charge in [-0.25, -0.2) is 8.42 Å². The van der Waals surface area contributed by atoms with Gasteiger partial charge in [-0.05, 0) is 53.8 Å². The Morgan fingerprint density at radius 3 is 2.13 bits per heavy atom. The number of carbonyl (C=O) groups excluding carboxylic acids is 2. The van der Waals surface area contributed by atoms with Gasteiger partial charge < -0.3 is 10.2 Å². The van der Waals surface area contributed by atoms with Crippen LogP contribution in [0.1, 0.15) is 30.5 Å². The van der Waals surface area contributed by atoms with Gasteiger partial charge in [0, 0.05) is 24.0 Å². The van der Waals surface area contributed by atoms with Gasteiger partial charge in [0.15, 0.2) is 0 Å². The second-order valence-corrected chi connectivity index (χ2v) is 12.9. The fraction of sp³-hybridized carbons (Fsp3) is 0.333. The molecule has 0 aliphatic rings. The molecule has 9 heteroatoms. The zero-order chi connectivity index (χ0) is 28.6. The lowest BCUT2D eigenvalue weighted by Crippen LogP contribution is -2.53. The molecule has 0 saturated carbocycles. The summed E-state index contributed by atoms with van der Waals surface area (Å²) in [6.07, 6.45) is 1.37. The molecule has 0 fully saturated rings. The van der Waals surface area contributed by atoms with E-state index in [1.165, 1.54) is 4.90 Å². The molecule has 208 valence electrons. The Hall–Kier alpha value is -3.17. The van der Waals surface area contributed by atoms with Gasteiger partial charge in [-0.1, -0.05) is 84.4 Å². The number of nitrogens with zero attached hydrogens (tertiary/aromatic N) is 2. The van der Waals surface area contributed by atoms with Crippen LogP contribution in [0.5, 0.6) is 0 Å². The predicted octanol–water partition coefficient (Wildman–Crippen LogP) is 4.94. The van der Waals surface area contributed by atoms with E-state index in [0.29, 0.717) is 18.7 Å². The molecule has 0 spiro atoms. The molecule has 0 aliphatic carbocycles. The van der Waals surface area contributed by atoms with Crippen LogP contribution in [0.15, 0.2) is 83.3 Å². The highest BCUT2D eigenvalue weighted by atomic mass is 79.9. The van der Waals surface area contributed by atoms with Gasteiger partial charge in [0.25, 0.3) is 0 Å². The molecular weight excluding hydrogens is 578 g/mol. The first kappa shape index (κ1) is 30.4. The fourth-order valence-electron chi connectivity index (χ4n) is 4.17. The van der Waals surface area contributed by atoms with Crippen molar-refractivity contribution in [1.82, 2.24) is 10.2 Å². The summed E-state index contributed by atoms with van der Waals surface area (Å²) in [6.45, 7) is 6.15. The molecule has 0 aromatic heterocycles. The van der Waals surface area contributed by atoms with Crippen molar-refractivity contribution in [3.8, 4) is 0 Å². The van der Waals surface area contributed by atoms with Crippen molar-refractivity contribution in [1.29, 1.82) is 0 Å². The van der Waals surface area contributed by atoms with E-state index in [9.17, 15) is 18.0 Å². The van der Waals surface area contributed by atoms with Crippen LogP contribution in [0.2, 0.25) is 0 Å². The largest absolute Gasteiger partial charge is 0.354 e. The molecule has 2 amide bonds. The first-order chi connectivity index (χ1) is 18.5. The molecule has 0 bridgehead atoms. The van der Waals surface area contributed by atoms with Gasteiger partial charge in [0.1, 0.15) is 12.6 Å². The molecule has 39 heavy (non-hydrogen) atoms. The molecule has 0 radical (unpaired) electrons. The average molecular weight is 615 g/mol. The Morgan fingerprint density at radius 2 is 1.54 bits per heavy atom. The van der Waals surface area contributed by atoms with Gasteiger partial charge in [0.05, 0.1) is 11.9 Å². The van der Waals surface area contributed by atoms with Crippen molar-refractivity contribution in [3.63, 3.8) is 0 Å².